The molecule has 0 N–H and O–H groups in total. The first kappa shape index (κ1) is 59.7. The quantitative estimate of drug-likeness (QED) is 0.0770. The number of carbonyl (C=O) groups is 8. The van der Waals surface area contributed by atoms with Gasteiger partial charge in [0, 0.05) is 21.7 Å². The van der Waals surface area contributed by atoms with Gasteiger partial charge in [0.05, 0.1) is 49.4 Å². The zero-order valence-electron chi connectivity index (χ0n) is 51.7. The van der Waals surface area contributed by atoms with Crippen LogP contribution in [0.2, 0.25) is 0 Å². The molecule has 468 valence electrons. The molecule has 86 heavy (non-hydrogen) atoms. The number of allylic oxidation sites excluding steroid dienone is 8. The molecule has 12 bridgehead atoms. The maximum atomic E-state index is 12.7. The highest BCUT2D eigenvalue weighted by molar-refractivity contribution is 5.77. The van der Waals surface area contributed by atoms with Crippen LogP contribution in [0.4, 0.5) is 0 Å². The molecule has 0 aromatic heterocycles. The van der Waals surface area contributed by atoms with Gasteiger partial charge < -0.3 is 37.9 Å². The van der Waals surface area contributed by atoms with Gasteiger partial charge in [-0.05, 0) is 159 Å². The highest BCUT2D eigenvalue weighted by Crippen LogP contribution is 2.68. The van der Waals surface area contributed by atoms with Crippen molar-refractivity contribution < 1.29 is 76.3 Å². The Morgan fingerprint density at radius 2 is 0.628 bits per heavy atom. The van der Waals surface area contributed by atoms with E-state index in [1.807, 2.05) is 55.4 Å². The van der Waals surface area contributed by atoms with Gasteiger partial charge in [0.15, 0.2) is 0 Å². The van der Waals surface area contributed by atoms with Crippen molar-refractivity contribution in [2.45, 2.75) is 170 Å². The molecule has 0 radical (unpaired) electrons. The second-order valence-corrected chi connectivity index (χ2v) is 32.1. The first-order chi connectivity index (χ1) is 40.8. The van der Waals surface area contributed by atoms with Gasteiger partial charge in [0.1, 0.15) is 50.8 Å². The van der Waals surface area contributed by atoms with E-state index >= 15 is 0 Å². The number of carbonyl (C=O) groups excluding carboxylic acids is 8. The van der Waals surface area contributed by atoms with Gasteiger partial charge >= 0.3 is 47.8 Å². The lowest BCUT2D eigenvalue weighted by molar-refractivity contribution is -0.160. The Labute approximate surface area is 506 Å². The lowest BCUT2D eigenvalue weighted by Crippen LogP contribution is -2.37. The third-order valence-electron chi connectivity index (χ3n) is 24.8. The van der Waals surface area contributed by atoms with Crippen LogP contribution in [0, 0.1) is 140 Å². The number of hydrogen-bond acceptors (Lipinski definition) is 16. The highest BCUT2D eigenvalue weighted by atomic mass is 16.6. The molecule has 8 saturated carbocycles. The Kier molecular flexibility index (Phi) is 15.5. The van der Waals surface area contributed by atoms with E-state index in [1.165, 1.54) is 25.7 Å². The van der Waals surface area contributed by atoms with Crippen LogP contribution < -0.4 is 0 Å². The van der Waals surface area contributed by atoms with E-state index in [1.54, 1.807) is 0 Å². The molecule has 0 aromatic rings. The monoisotopic (exact) mass is 1190 g/mol. The van der Waals surface area contributed by atoms with Crippen LogP contribution in [-0.2, 0) is 76.3 Å². The minimum Gasteiger partial charge on any atom is -0.461 e. The maximum absolute atomic E-state index is 12.7. The molecule has 12 aliphatic carbocycles. The average molecular weight is 1190 g/mol. The van der Waals surface area contributed by atoms with Crippen LogP contribution in [0.25, 0.3) is 0 Å². The van der Waals surface area contributed by atoms with Crippen LogP contribution in [0.15, 0.2) is 48.6 Å². The molecule has 12 fully saturated rings. The Hall–Kier alpha value is -5.28. The number of cyclic esters (lactones) is 4. The molecule has 4 aliphatic heterocycles. The summed E-state index contributed by atoms with van der Waals surface area (Å²) < 4.78 is 43.2. The highest BCUT2D eigenvalue weighted by Gasteiger charge is 2.64. The fourth-order valence-corrected chi connectivity index (χ4v) is 20.2. The van der Waals surface area contributed by atoms with Crippen LogP contribution in [0.5, 0.6) is 0 Å². The summed E-state index contributed by atoms with van der Waals surface area (Å²) in [7, 11) is 0. The van der Waals surface area contributed by atoms with Gasteiger partial charge in [0.25, 0.3) is 0 Å². The predicted octanol–water partition coefficient (Wildman–Crippen LogP) is 10.1. The summed E-state index contributed by atoms with van der Waals surface area (Å²) >= 11 is 0. The van der Waals surface area contributed by atoms with Gasteiger partial charge in [-0.15, -0.1) is 0 Å². The van der Waals surface area contributed by atoms with E-state index < -0.39 is 0 Å². The Bertz CT molecular complexity index is 2680. The molecule has 4 heterocycles. The Morgan fingerprint density at radius 1 is 0.349 bits per heavy atom. The molecule has 16 heteroatoms. The van der Waals surface area contributed by atoms with E-state index in [2.05, 4.69) is 48.6 Å². The van der Waals surface area contributed by atoms with Crippen molar-refractivity contribution in [3.8, 4) is 0 Å². The summed E-state index contributed by atoms with van der Waals surface area (Å²) in [5, 5.41) is 0. The number of esters is 8. The minimum absolute atomic E-state index is 0.00946. The Morgan fingerprint density at radius 3 is 0.884 bits per heavy atom. The van der Waals surface area contributed by atoms with E-state index in [0.717, 1.165) is 85.9 Å². The summed E-state index contributed by atoms with van der Waals surface area (Å²) in [5.74, 6) is 9.45. The molecular weight excluding hydrogens is 1100 g/mol. The summed E-state index contributed by atoms with van der Waals surface area (Å²) in [4.78, 5) is 95.2. The normalized spacial score (nSPS) is 44.7. The van der Waals surface area contributed by atoms with Crippen molar-refractivity contribution in [1.82, 2.24) is 0 Å². The standard InChI is InChI=1S/2C20H26O4.2C15H20O4/c2*1-20(2)8-16(21)24-15(20)9-23-19(22)14-7-12-6-13(14)18-11-4-3-10(5-11)17(12)18;2*1-15(2)7-13(16)19-12(15)8-18-14(17)11-6-9-3-4-10(11)5-9/h2*3-4,10-15,17-18H,5-9H2,1-2H3;2*3-4,9-12H,5-8H2,1-2H3. The third kappa shape index (κ3) is 11.1. The zero-order chi connectivity index (χ0) is 60.5. The lowest BCUT2D eigenvalue weighted by Gasteiger charge is -2.35. The van der Waals surface area contributed by atoms with Crippen LogP contribution in [-0.4, -0.2) is 98.6 Å². The summed E-state index contributed by atoms with van der Waals surface area (Å²) in [6.07, 6.45) is 29.8. The van der Waals surface area contributed by atoms with Gasteiger partial charge in [-0.3, -0.25) is 38.4 Å². The first-order valence-corrected chi connectivity index (χ1v) is 33.0. The van der Waals surface area contributed by atoms with Crippen molar-refractivity contribution in [2.24, 2.45) is 140 Å². The predicted molar refractivity (Wildman–Crippen MR) is 309 cm³/mol. The summed E-state index contributed by atoms with van der Waals surface area (Å²) in [6, 6.07) is 0. The van der Waals surface area contributed by atoms with E-state index in [4.69, 9.17) is 37.9 Å². The smallest absolute Gasteiger partial charge is 0.309 e. The second-order valence-electron chi connectivity index (χ2n) is 32.1. The molecule has 0 amide bonds. The minimum atomic E-state index is -0.307. The molecule has 0 aromatic carbocycles. The SMILES string of the molecule is CC1(C)CC(=O)OC1COC(=O)C1CC2C=CC1C2.CC1(C)CC(=O)OC1COC(=O)C1CC2C=CC1C2.CC1(C)CC(=O)OC1COC(=O)C1CC2CC1C1C3C=CC(C3)C21.CC1(C)CC(=O)OC1COC(=O)C1CC2CC1C1C3C=CC(C3)C21. The first-order valence-electron chi connectivity index (χ1n) is 33.0. The number of ether oxygens (including phenoxy) is 8. The van der Waals surface area contributed by atoms with Crippen molar-refractivity contribution in [1.29, 1.82) is 0 Å². The molecule has 24 unspecified atom stereocenters. The summed E-state index contributed by atoms with van der Waals surface area (Å²) in [6.45, 7) is 16.7. The van der Waals surface area contributed by atoms with Crippen LogP contribution in [0.1, 0.15) is 145 Å². The molecule has 16 aliphatic rings. The van der Waals surface area contributed by atoms with E-state index in [9.17, 15) is 38.4 Å². The fourth-order valence-electron chi connectivity index (χ4n) is 20.2. The van der Waals surface area contributed by atoms with Gasteiger partial charge in [0.2, 0.25) is 0 Å². The van der Waals surface area contributed by atoms with Gasteiger partial charge in [-0.25, -0.2) is 0 Å². The maximum Gasteiger partial charge on any atom is 0.309 e. The molecule has 4 saturated heterocycles. The number of rotatable bonds is 12. The van der Waals surface area contributed by atoms with E-state index in [-0.39, 0.29) is 144 Å². The van der Waals surface area contributed by atoms with E-state index in [0.29, 0.717) is 73.0 Å². The van der Waals surface area contributed by atoms with Crippen molar-refractivity contribution in [3.63, 3.8) is 0 Å². The number of fused-ring (bicyclic) bond motifs is 22. The average Bonchev–Trinajstić information content (AvgIpc) is 3.05. The number of hydrogen-bond donors (Lipinski definition) is 0. The van der Waals surface area contributed by atoms with Crippen molar-refractivity contribution in [3.05, 3.63) is 48.6 Å². The molecule has 0 spiro atoms. The van der Waals surface area contributed by atoms with Crippen LogP contribution >= 0.6 is 0 Å². The van der Waals surface area contributed by atoms with Gasteiger partial charge in [-0.1, -0.05) is 104 Å². The third-order valence-corrected chi connectivity index (χ3v) is 24.8. The van der Waals surface area contributed by atoms with Gasteiger partial charge in [-0.2, -0.15) is 0 Å². The molecular formula is C70H92O16. The summed E-state index contributed by atoms with van der Waals surface area (Å²) in [5.41, 5.74) is -0.975. The molecule has 16 nitrogen and oxygen atoms in total. The van der Waals surface area contributed by atoms with Crippen LogP contribution in [0.3, 0.4) is 0 Å². The fraction of sp³-hybridized carbons (Fsp3) is 0.771. The zero-order valence-corrected chi connectivity index (χ0v) is 51.7. The Balaban J connectivity index is 0.000000107. The van der Waals surface area contributed by atoms with Crippen molar-refractivity contribution in [2.75, 3.05) is 26.4 Å². The molecule has 16 rings (SSSR count). The molecule has 24 atom stereocenters. The topological polar surface area (TPSA) is 210 Å². The second kappa shape index (κ2) is 22.3. The lowest BCUT2D eigenvalue weighted by atomic mass is 9.69. The largest absolute Gasteiger partial charge is 0.461 e. The van der Waals surface area contributed by atoms with Crippen molar-refractivity contribution >= 4 is 47.8 Å².